The van der Waals surface area contributed by atoms with Crippen LogP contribution in [-0.2, 0) is 11.3 Å². The Bertz CT molecular complexity index is 555. The molecule has 0 radical (unpaired) electrons. The molecule has 2 N–H and O–H groups in total. The van der Waals surface area contributed by atoms with Gasteiger partial charge in [0.05, 0.1) is 12.8 Å². The molecule has 2 amide bonds. The van der Waals surface area contributed by atoms with Gasteiger partial charge in [0.15, 0.2) is 0 Å². The van der Waals surface area contributed by atoms with Crippen molar-refractivity contribution < 1.29 is 18.3 Å². The first-order chi connectivity index (χ1) is 10.2. The number of furan rings is 1. The van der Waals surface area contributed by atoms with Crippen molar-refractivity contribution in [1.29, 1.82) is 0 Å². The zero-order valence-corrected chi connectivity index (χ0v) is 11.6. The first kappa shape index (κ1) is 15.1. The van der Waals surface area contributed by atoms with E-state index in [1.807, 2.05) is 0 Å². The van der Waals surface area contributed by atoms with E-state index in [1.54, 1.807) is 37.6 Å². The van der Waals surface area contributed by atoms with Crippen LogP contribution in [0.1, 0.15) is 17.4 Å². The Labute approximate surface area is 122 Å². The molecule has 21 heavy (non-hydrogen) atoms. The first-order valence-electron chi connectivity index (χ1n) is 6.51. The van der Waals surface area contributed by atoms with Gasteiger partial charge in [-0.05, 0) is 29.8 Å². The normalized spacial score (nSPS) is 11.9. The van der Waals surface area contributed by atoms with E-state index < -0.39 is 0 Å². The SMILES string of the molecule is CO[C@H](CNC(=O)NCc1ccc(F)cc1)c1ccco1. The lowest BCUT2D eigenvalue weighted by molar-refractivity contribution is 0.0850. The average molecular weight is 292 g/mol. The smallest absolute Gasteiger partial charge is 0.315 e. The summed E-state index contributed by atoms with van der Waals surface area (Å²) in [4.78, 5) is 11.7. The summed E-state index contributed by atoms with van der Waals surface area (Å²) >= 11 is 0. The molecule has 0 aliphatic rings. The first-order valence-corrected chi connectivity index (χ1v) is 6.51. The quantitative estimate of drug-likeness (QED) is 0.860. The van der Waals surface area contributed by atoms with Crippen LogP contribution in [0.2, 0.25) is 0 Å². The molecule has 2 rings (SSSR count). The molecule has 112 valence electrons. The van der Waals surface area contributed by atoms with Crippen LogP contribution in [0.15, 0.2) is 47.1 Å². The van der Waals surface area contributed by atoms with E-state index in [0.29, 0.717) is 18.8 Å². The van der Waals surface area contributed by atoms with Crippen LogP contribution >= 0.6 is 0 Å². The average Bonchev–Trinajstić information content (AvgIpc) is 3.01. The summed E-state index contributed by atoms with van der Waals surface area (Å²) in [5.41, 5.74) is 0.820. The molecule has 0 spiro atoms. The minimum atomic E-state index is -0.337. The van der Waals surface area contributed by atoms with E-state index >= 15 is 0 Å². The van der Waals surface area contributed by atoms with E-state index in [0.717, 1.165) is 5.56 Å². The van der Waals surface area contributed by atoms with Crippen molar-refractivity contribution in [2.45, 2.75) is 12.6 Å². The summed E-state index contributed by atoms with van der Waals surface area (Å²) in [7, 11) is 1.55. The second-order valence-electron chi connectivity index (χ2n) is 4.43. The molecule has 0 aliphatic heterocycles. The number of ether oxygens (including phenoxy) is 1. The Morgan fingerprint density at radius 1 is 1.29 bits per heavy atom. The minimum Gasteiger partial charge on any atom is -0.467 e. The molecular weight excluding hydrogens is 275 g/mol. The molecule has 0 fully saturated rings. The number of carbonyl (C=O) groups is 1. The summed E-state index contributed by atoms with van der Waals surface area (Å²) in [5, 5.41) is 5.38. The summed E-state index contributed by atoms with van der Waals surface area (Å²) in [5.74, 6) is 0.348. The summed E-state index contributed by atoms with van der Waals surface area (Å²) in [6.45, 7) is 0.615. The lowest BCUT2D eigenvalue weighted by Gasteiger charge is -2.14. The van der Waals surface area contributed by atoms with E-state index in [9.17, 15) is 9.18 Å². The van der Waals surface area contributed by atoms with Crippen LogP contribution in [0, 0.1) is 5.82 Å². The Morgan fingerprint density at radius 2 is 2.05 bits per heavy atom. The van der Waals surface area contributed by atoms with Gasteiger partial charge in [0.2, 0.25) is 0 Å². The number of methoxy groups -OCH3 is 1. The molecular formula is C15H17FN2O3. The number of halogens is 1. The Kier molecular flexibility index (Phi) is 5.34. The molecule has 1 atom stereocenters. The number of carbonyl (C=O) groups excluding carboxylic acids is 1. The highest BCUT2D eigenvalue weighted by atomic mass is 19.1. The van der Waals surface area contributed by atoms with Gasteiger partial charge in [0.25, 0.3) is 0 Å². The second kappa shape index (κ2) is 7.44. The molecule has 2 aromatic rings. The Balaban J connectivity index is 1.75. The predicted molar refractivity (Wildman–Crippen MR) is 75.1 cm³/mol. The molecule has 0 aliphatic carbocycles. The van der Waals surface area contributed by atoms with Gasteiger partial charge in [-0.15, -0.1) is 0 Å². The van der Waals surface area contributed by atoms with Crippen LogP contribution in [-0.4, -0.2) is 19.7 Å². The number of benzene rings is 1. The molecule has 0 saturated heterocycles. The van der Waals surface area contributed by atoms with E-state index in [-0.39, 0.29) is 18.0 Å². The third-order valence-electron chi connectivity index (χ3n) is 2.96. The highest BCUT2D eigenvalue weighted by Gasteiger charge is 2.14. The maximum absolute atomic E-state index is 12.7. The van der Waals surface area contributed by atoms with Crippen molar-refractivity contribution in [2.24, 2.45) is 0 Å². The summed E-state index contributed by atoms with van der Waals surface area (Å²) in [6, 6.07) is 9.17. The van der Waals surface area contributed by atoms with E-state index in [2.05, 4.69) is 10.6 Å². The fourth-order valence-electron chi connectivity index (χ4n) is 1.81. The topological polar surface area (TPSA) is 63.5 Å². The molecule has 1 heterocycles. The number of amides is 2. The third kappa shape index (κ3) is 4.61. The lowest BCUT2D eigenvalue weighted by Crippen LogP contribution is -2.37. The maximum atomic E-state index is 12.7. The highest BCUT2D eigenvalue weighted by molar-refractivity contribution is 5.73. The van der Waals surface area contributed by atoms with Gasteiger partial charge < -0.3 is 19.8 Å². The third-order valence-corrected chi connectivity index (χ3v) is 2.96. The van der Waals surface area contributed by atoms with Crippen LogP contribution in [0.25, 0.3) is 0 Å². The van der Waals surface area contributed by atoms with Gasteiger partial charge in [-0.1, -0.05) is 12.1 Å². The Hall–Kier alpha value is -2.34. The predicted octanol–water partition coefficient (Wildman–Crippen LogP) is 2.61. The van der Waals surface area contributed by atoms with Gasteiger partial charge in [-0.3, -0.25) is 0 Å². The molecule has 0 unspecified atom stereocenters. The van der Waals surface area contributed by atoms with E-state index in [1.165, 1.54) is 12.1 Å². The van der Waals surface area contributed by atoms with E-state index in [4.69, 9.17) is 9.15 Å². The van der Waals surface area contributed by atoms with Gasteiger partial charge in [-0.25, -0.2) is 9.18 Å². The van der Waals surface area contributed by atoms with Crippen molar-refractivity contribution >= 4 is 6.03 Å². The minimum absolute atomic E-state index is 0.291. The zero-order chi connectivity index (χ0) is 15.1. The number of nitrogens with one attached hydrogen (secondary N) is 2. The summed E-state index contributed by atoms with van der Waals surface area (Å²) < 4.78 is 23.2. The standard InChI is InChI=1S/C15H17FN2O3/c1-20-14(13-3-2-8-21-13)10-18-15(19)17-9-11-4-6-12(16)7-5-11/h2-8,14H,9-10H2,1H3,(H2,17,18,19)/t14-/m1/s1. The molecule has 6 heteroatoms. The van der Waals surface area contributed by atoms with Gasteiger partial charge >= 0.3 is 6.03 Å². The zero-order valence-electron chi connectivity index (χ0n) is 11.6. The lowest BCUT2D eigenvalue weighted by atomic mass is 10.2. The van der Waals surface area contributed by atoms with Crippen LogP contribution < -0.4 is 10.6 Å². The maximum Gasteiger partial charge on any atom is 0.315 e. The van der Waals surface area contributed by atoms with Crippen LogP contribution in [0.4, 0.5) is 9.18 Å². The van der Waals surface area contributed by atoms with Crippen molar-refractivity contribution in [1.82, 2.24) is 10.6 Å². The number of hydrogen-bond acceptors (Lipinski definition) is 3. The monoisotopic (exact) mass is 292 g/mol. The molecule has 1 aromatic heterocycles. The van der Waals surface area contributed by atoms with Gasteiger partial charge in [-0.2, -0.15) is 0 Å². The van der Waals surface area contributed by atoms with Crippen molar-refractivity contribution in [3.05, 3.63) is 59.8 Å². The fourth-order valence-corrected chi connectivity index (χ4v) is 1.81. The van der Waals surface area contributed by atoms with Crippen LogP contribution in [0.3, 0.4) is 0 Å². The molecule has 0 bridgehead atoms. The molecule has 1 aromatic carbocycles. The highest BCUT2D eigenvalue weighted by Crippen LogP contribution is 2.15. The van der Waals surface area contributed by atoms with Gasteiger partial charge in [0, 0.05) is 13.7 Å². The van der Waals surface area contributed by atoms with Crippen LogP contribution in [0.5, 0.6) is 0 Å². The van der Waals surface area contributed by atoms with Crippen molar-refractivity contribution in [3.8, 4) is 0 Å². The summed E-state index contributed by atoms with van der Waals surface area (Å²) in [6.07, 6.45) is 1.22. The Morgan fingerprint density at radius 3 is 2.67 bits per heavy atom. The number of hydrogen-bond donors (Lipinski definition) is 2. The van der Waals surface area contributed by atoms with Crippen molar-refractivity contribution in [3.63, 3.8) is 0 Å². The molecule has 0 saturated carbocycles. The fraction of sp³-hybridized carbons (Fsp3) is 0.267. The molecule has 5 nitrogen and oxygen atoms in total. The number of urea groups is 1. The second-order valence-corrected chi connectivity index (χ2v) is 4.43. The largest absolute Gasteiger partial charge is 0.467 e. The van der Waals surface area contributed by atoms with Gasteiger partial charge in [0.1, 0.15) is 17.7 Å². The number of rotatable bonds is 6. The van der Waals surface area contributed by atoms with Crippen molar-refractivity contribution in [2.75, 3.05) is 13.7 Å².